The molecule has 3 aliphatic heterocycles. The fourth-order valence-corrected chi connectivity index (χ4v) is 8.09. The number of carbonyl (C=O) groups excluding carboxylic acids is 4. The Balaban J connectivity index is 1.52. The van der Waals surface area contributed by atoms with Crippen LogP contribution >= 0.6 is 0 Å². The van der Waals surface area contributed by atoms with Gasteiger partial charge in [-0.25, -0.2) is 0 Å². The number of anilines is 1. The zero-order valence-corrected chi connectivity index (χ0v) is 29.7. The first-order chi connectivity index (χ1) is 24.0. The molecule has 0 radical (unpaired) electrons. The van der Waals surface area contributed by atoms with Crippen LogP contribution in [0.3, 0.4) is 0 Å². The van der Waals surface area contributed by atoms with Crippen LogP contribution in [-0.4, -0.2) is 77.2 Å². The Morgan fingerprint density at radius 2 is 1.88 bits per heavy atom. The van der Waals surface area contributed by atoms with Crippen molar-refractivity contribution < 1.29 is 33.8 Å². The van der Waals surface area contributed by atoms with Gasteiger partial charge in [-0.05, 0) is 68.2 Å². The molecular weight excluding hydrogens is 634 g/mol. The highest BCUT2D eigenvalue weighted by molar-refractivity contribution is 6.05. The summed E-state index contributed by atoms with van der Waals surface area (Å²) in [7, 11) is 0. The first-order valence-electron chi connectivity index (χ1n) is 17.7. The van der Waals surface area contributed by atoms with Gasteiger partial charge in [0.2, 0.25) is 11.8 Å². The Bertz CT molecular complexity index is 1590. The Morgan fingerprint density at radius 3 is 2.54 bits per heavy atom. The van der Waals surface area contributed by atoms with Crippen LogP contribution in [0.15, 0.2) is 73.8 Å². The Morgan fingerprint density at radius 1 is 1.14 bits per heavy atom. The lowest BCUT2D eigenvalue weighted by molar-refractivity contribution is -0.161. The van der Waals surface area contributed by atoms with Gasteiger partial charge in [0.15, 0.2) is 0 Å². The summed E-state index contributed by atoms with van der Waals surface area (Å²) in [5.41, 5.74) is 1.98. The van der Waals surface area contributed by atoms with Crippen LogP contribution in [0.4, 0.5) is 5.69 Å². The van der Waals surface area contributed by atoms with Crippen molar-refractivity contribution >= 4 is 29.4 Å². The van der Waals surface area contributed by atoms with Crippen LogP contribution in [0, 0.1) is 31.6 Å². The van der Waals surface area contributed by atoms with E-state index in [4.69, 9.17) is 9.47 Å². The van der Waals surface area contributed by atoms with Crippen molar-refractivity contribution in [2.75, 3.05) is 24.6 Å². The topological polar surface area (TPSA) is 125 Å². The van der Waals surface area contributed by atoms with Crippen LogP contribution in [0.5, 0.6) is 0 Å². The van der Waals surface area contributed by atoms with Gasteiger partial charge in [-0.2, -0.15) is 0 Å². The van der Waals surface area contributed by atoms with E-state index in [1.807, 2.05) is 76.2 Å². The molecule has 2 bridgehead atoms. The maximum absolute atomic E-state index is 15.0. The lowest BCUT2D eigenvalue weighted by atomic mass is 9.70. The highest BCUT2D eigenvalue weighted by Crippen LogP contribution is 2.59. The van der Waals surface area contributed by atoms with Crippen LogP contribution < -0.4 is 10.2 Å². The summed E-state index contributed by atoms with van der Waals surface area (Å²) in [6, 6.07) is 13.3. The summed E-state index contributed by atoms with van der Waals surface area (Å²) >= 11 is 0. The summed E-state index contributed by atoms with van der Waals surface area (Å²) in [6.45, 7) is 15.4. The molecule has 0 aromatic heterocycles. The minimum Gasteiger partial charge on any atom is -0.455 e. The Hall–Kier alpha value is -4.28. The van der Waals surface area contributed by atoms with Crippen molar-refractivity contribution in [3.63, 3.8) is 0 Å². The summed E-state index contributed by atoms with van der Waals surface area (Å²) in [6.07, 6.45) is 3.99. The van der Waals surface area contributed by atoms with E-state index in [2.05, 4.69) is 18.5 Å². The van der Waals surface area contributed by atoms with Crippen LogP contribution in [0.25, 0.3) is 0 Å². The number of aliphatic hydroxyl groups is 1. The van der Waals surface area contributed by atoms with Crippen LogP contribution in [0.1, 0.15) is 68.7 Å². The molecule has 3 saturated heterocycles. The van der Waals surface area contributed by atoms with Gasteiger partial charge in [0.1, 0.15) is 17.7 Å². The number of benzene rings is 2. The summed E-state index contributed by atoms with van der Waals surface area (Å²) in [5.74, 6) is -3.36. The molecule has 2 N–H and O–H groups in total. The Labute approximate surface area is 295 Å². The lowest BCUT2D eigenvalue weighted by Crippen LogP contribution is -2.59. The highest BCUT2D eigenvalue weighted by atomic mass is 16.6. The highest BCUT2D eigenvalue weighted by Gasteiger charge is 2.75. The molecule has 3 aliphatic rings. The normalized spacial score (nSPS) is 24.8. The molecule has 0 aliphatic carbocycles. The van der Waals surface area contributed by atoms with Gasteiger partial charge < -0.3 is 29.7 Å². The third kappa shape index (κ3) is 7.14. The van der Waals surface area contributed by atoms with E-state index in [1.165, 1.54) is 4.90 Å². The quantitative estimate of drug-likeness (QED) is 0.189. The second-order valence-corrected chi connectivity index (χ2v) is 14.3. The fraction of sp³-hybridized carbons (Fsp3) is 0.500. The molecule has 5 rings (SSSR count). The summed E-state index contributed by atoms with van der Waals surface area (Å²) < 4.78 is 12.9. The second kappa shape index (κ2) is 15.7. The molecule has 10 nitrogen and oxygen atoms in total. The zero-order valence-electron chi connectivity index (χ0n) is 29.7. The van der Waals surface area contributed by atoms with E-state index < -0.39 is 47.7 Å². The molecular formula is C40H51N3O7. The second-order valence-electron chi connectivity index (χ2n) is 14.3. The van der Waals surface area contributed by atoms with Gasteiger partial charge >= 0.3 is 5.97 Å². The number of hydrogen-bond donors (Lipinski definition) is 2. The van der Waals surface area contributed by atoms with Gasteiger partial charge in [-0.15, -0.1) is 13.2 Å². The fourth-order valence-electron chi connectivity index (χ4n) is 8.09. The molecule has 7 atom stereocenters. The number of ether oxygens (including phenoxy) is 2. The van der Waals surface area contributed by atoms with Gasteiger partial charge in [0.05, 0.1) is 37.1 Å². The van der Waals surface area contributed by atoms with E-state index in [9.17, 15) is 19.5 Å². The van der Waals surface area contributed by atoms with Gasteiger partial charge in [0.25, 0.3) is 5.91 Å². The van der Waals surface area contributed by atoms with Crippen molar-refractivity contribution in [3.05, 3.63) is 90.5 Å². The molecule has 3 amide bonds. The number of fused-ring (bicyclic) bond motifs is 1. The van der Waals surface area contributed by atoms with E-state index >= 15 is 4.79 Å². The molecule has 0 unspecified atom stereocenters. The van der Waals surface area contributed by atoms with Crippen molar-refractivity contribution in [3.8, 4) is 0 Å². The average Bonchev–Trinajstić information content (AvgIpc) is 3.75. The zero-order chi connectivity index (χ0) is 36.2. The van der Waals surface area contributed by atoms with Crippen LogP contribution in [-0.2, 0) is 28.7 Å². The minimum absolute atomic E-state index is 0.0499. The van der Waals surface area contributed by atoms with Gasteiger partial charge in [0, 0.05) is 18.7 Å². The molecule has 2 aromatic carbocycles. The van der Waals surface area contributed by atoms with E-state index in [0.29, 0.717) is 36.9 Å². The van der Waals surface area contributed by atoms with E-state index in [1.54, 1.807) is 17.1 Å². The molecule has 1 spiro atoms. The number of carbonyl (C=O) groups is 4. The monoisotopic (exact) mass is 685 g/mol. The first kappa shape index (κ1) is 37.0. The molecule has 50 heavy (non-hydrogen) atoms. The predicted molar refractivity (Wildman–Crippen MR) is 191 cm³/mol. The molecule has 3 fully saturated rings. The number of rotatable bonds is 16. The number of nitrogens with zero attached hydrogens (tertiary/aromatic N) is 2. The number of amides is 3. The SMILES string of the molecule is C=CCCC(=O)NC[C@@H](OC(=O)[C@@H]1[C@H]2C(=O)N([C@@H](CO)CC(C)C)[C@H](C(=O)N(CC=C)c3cc(C)ccc3C)[C@]23CC[C@H]1O3)c1ccccc1. The number of nitrogens with one attached hydrogen (secondary N) is 1. The maximum atomic E-state index is 15.0. The first-order valence-corrected chi connectivity index (χ1v) is 17.7. The Kier molecular flexibility index (Phi) is 11.6. The maximum Gasteiger partial charge on any atom is 0.313 e. The van der Waals surface area contributed by atoms with Gasteiger partial charge in [-0.3, -0.25) is 19.2 Å². The number of aliphatic hydroxyl groups excluding tert-OH is 1. The van der Waals surface area contributed by atoms with Crippen molar-refractivity contribution in [2.45, 2.75) is 89.7 Å². The molecule has 2 aromatic rings. The number of hydrogen-bond acceptors (Lipinski definition) is 7. The standard InChI is InChI=1S/C40H51N3O7/c1-7-9-15-33(45)41-23-32(28-13-11-10-12-14-28)49-39(48)34-31-18-19-40(50-31)35(34)37(46)43(29(24-44)21-25(3)4)36(40)38(47)42(20-8-2)30-22-26(5)16-17-27(30)6/h7-8,10-14,16-17,22,25,29,31-32,34-36,44H,1-2,9,15,18-21,23-24H2,3-6H3,(H,41,45)/t29-,31-,32-,34+,35+,36-,40+/m1/s1. The third-order valence-electron chi connectivity index (χ3n) is 10.3. The number of aryl methyl sites for hydroxylation is 2. The smallest absolute Gasteiger partial charge is 0.313 e. The largest absolute Gasteiger partial charge is 0.455 e. The molecule has 3 heterocycles. The average molecular weight is 686 g/mol. The van der Waals surface area contributed by atoms with Crippen molar-refractivity contribution in [1.82, 2.24) is 10.2 Å². The number of allylic oxidation sites excluding steroid dienone is 1. The van der Waals surface area contributed by atoms with Crippen LogP contribution in [0.2, 0.25) is 0 Å². The van der Waals surface area contributed by atoms with Crippen molar-refractivity contribution in [1.29, 1.82) is 0 Å². The number of esters is 1. The van der Waals surface area contributed by atoms with Gasteiger partial charge in [-0.1, -0.05) is 68.5 Å². The predicted octanol–water partition coefficient (Wildman–Crippen LogP) is 4.97. The lowest BCUT2D eigenvalue weighted by Gasteiger charge is -2.40. The van der Waals surface area contributed by atoms with Crippen molar-refractivity contribution in [2.24, 2.45) is 17.8 Å². The minimum atomic E-state index is -1.29. The molecule has 0 saturated carbocycles. The third-order valence-corrected chi connectivity index (χ3v) is 10.3. The van der Waals surface area contributed by atoms with E-state index in [-0.39, 0.29) is 49.8 Å². The summed E-state index contributed by atoms with van der Waals surface area (Å²) in [5, 5.41) is 13.6. The number of likely N-dealkylation sites (tertiary alicyclic amines) is 1. The molecule has 268 valence electrons. The molecule has 10 heteroatoms. The van der Waals surface area contributed by atoms with E-state index in [0.717, 1.165) is 11.1 Å². The summed E-state index contributed by atoms with van der Waals surface area (Å²) in [4.78, 5) is 59.7.